The lowest BCUT2D eigenvalue weighted by Crippen LogP contribution is -2.42. The van der Waals surface area contributed by atoms with E-state index in [4.69, 9.17) is 4.74 Å². The summed E-state index contributed by atoms with van der Waals surface area (Å²) in [6, 6.07) is 8.27. The lowest BCUT2D eigenvalue weighted by atomic mass is 9.68. The van der Waals surface area contributed by atoms with Crippen LogP contribution in [0.25, 0.3) is 0 Å². The van der Waals surface area contributed by atoms with Crippen LogP contribution in [0.4, 0.5) is 0 Å². The molecule has 0 radical (unpaired) electrons. The third kappa shape index (κ3) is 4.31. The van der Waals surface area contributed by atoms with Gasteiger partial charge < -0.3 is 15.0 Å². The Bertz CT molecular complexity index is 543. The maximum Gasteiger partial charge on any atom is 0.193 e. The Hall–Kier alpha value is -0.980. The highest BCUT2D eigenvalue weighted by molar-refractivity contribution is 14.0. The lowest BCUT2D eigenvalue weighted by molar-refractivity contribution is 0.151. The molecular formula is C18H28IN3O. The van der Waals surface area contributed by atoms with Crippen molar-refractivity contribution in [3.63, 3.8) is 0 Å². The fourth-order valence-corrected chi connectivity index (χ4v) is 3.63. The molecule has 3 rings (SSSR count). The Morgan fingerprint density at radius 2 is 2.17 bits per heavy atom. The number of hydrogen-bond acceptors (Lipinski definition) is 2. The number of benzene rings is 1. The van der Waals surface area contributed by atoms with Crippen LogP contribution >= 0.6 is 24.0 Å². The minimum Gasteiger partial charge on any atom is -0.494 e. The summed E-state index contributed by atoms with van der Waals surface area (Å²) in [5.74, 6) is 1.97. The molecule has 2 aliphatic rings. The Balaban J connectivity index is 0.00000192. The monoisotopic (exact) mass is 429 g/mol. The predicted octanol–water partition coefficient (Wildman–Crippen LogP) is 3.65. The molecule has 0 amide bonds. The van der Waals surface area contributed by atoms with E-state index in [2.05, 4.69) is 27.3 Å². The van der Waals surface area contributed by atoms with Crippen LogP contribution in [-0.4, -0.2) is 37.6 Å². The molecule has 1 aromatic carbocycles. The summed E-state index contributed by atoms with van der Waals surface area (Å²) in [5.41, 5.74) is 1.83. The molecule has 0 atom stereocenters. The molecule has 1 aliphatic carbocycles. The van der Waals surface area contributed by atoms with Crippen molar-refractivity contribution in [2.24, 2.45) is 10.4 Å². The maximum absolute atomic E-state index is 5.56. The van der Waals surface area contributed by atoms with Crippen molar-refractivity contribution >= 4 is 29.9 Å². The largest absolute Gasteiger partial charge is 0.494 e. The van der Waals surface area contributed by atoms with Gasteiger partial charge in [0.05, 0.1) is 6.61 Å². The first kappa shape index (κ1) is 18.4. The summed E-state index contributed by atoms with van der Waals surface area (Å²) in [6.07, 6.45) is 5.53. The van der Waals surface area contributed by atoms with Crippen molar-refractivity contribution in [1.29, 1.82) is 0 Å². The molecule has 5 heteroatoms. The van der Waals surface area contributed by atoms with E-state index in [0.717, 1.165) is 24.8 Å². The second-order valence-corrected chi connectivity index (χ2v) is 6.51. The van der Waals surface area contributed by atoms with Crippen LogP contribution in [-0.2, 0) is 6.54 Å². The van der Waals surface area contributed by atoms with E-state index in [1.807, 2.05) is 26.1 Å². The van der Waals surface area contributed by atoms with Gasteiger partial charge in [-0.3, -0.25) is 4.99 Å². The maximum atomic E-state index is 5.56. The van der Waals surface area contributed by atoms with Crippen LogP contribution in [0.5, 0.6) is 5.75 Å². The van der Waals surface area contributed by atoms with E-state index in [-0.39, 0.29) is 24.0 Å². The quantitative estimate of drug-likeness (QED) is 0.451. The average molecular weight is 429 g/mol. The second-order valence-electron chi connectivity index (χ2n) is 6.51. The molecule has 0 bridgehead atoms. The van der Waals surface area contributed by atoms with Gasteiger partial charge in [-0.1, -0.05) is 18.6 Å². The first-order valence-electron chi connectivity index (χ1n) is 8.42. The Morgan fingerprint density at radius 3 is 2.78 bits per heavy atom. The predicted molar refractivity (Wildman–Crippen MR) is 106 cm³/mol. The zero-order valence-electron chi connectivity index (χ0n) is 14.2. The fourth-order valence-electron chi connectivity index (χ4n) is 3.63. The Morgan fingerprint density at radius 1 is 1.35 bits per heavy atom. The fraction of sp³-hybridized carbons (Fsp3) is 0.611. The highest BCUT2D eigenvalue weighted by Gasteiger charge is 2.43. The van der Waals surface area contributed by atoms with E-state index in [1.54, 1.807) is 0 Å². The van der Waals surface area contributed by atoms with Gasteiger partial charge in [0, 0.05) is 26.7 Å². The van der Waals surface area contributed by atoms with Crippen LogP contribution in [0.3, 0.4) is 0 Å². The molecule has 2 fully saturated rings. The smallest absolute Gasteiger partial charge is 0.193 e. The van der Waals surface area contributed by atoms with Crippen molar-refractivity contribution in [3.8, 4) is 5.75 Å². The zero-order valence-corrected chi connectivity index (χ0v) is 16.5. The van der Waals surface area contributed by atoms with Crippen molar-refractivity contribution in [3.05, 3.63) is 29.8 Å². The Labute approximate surface area is 156 Å². The molecule has 0 aromatic heterocycles. The van der Waals surface area contributed by atoms with E-state index >= 15 is 0 Å². The molecular weight excluding hydrogens is 401 g/mol. The summed E-state index contributed by atoms with van der Waals surface area (Å²) in [7, 11) is 1.88. The number of aliphatic imine (C=N–C) groups is 1. The first-order chi connectivity index (χ1) is 10.7. The zero-order chi connectivity index (χ0) is 15.4. The molecule has 1 N–H and O–H groups in total. The minimum atomic E-state index is 0. The highest BCUT2D eigenvalue weighted by atomic mass is 127. The van der Waals surface area contributed by atoms with Gasteiger partial charge in [0.2, 0.25) is 0 Å². The third-order valence-electron chi connectivity index (χ3n) is 5.02. The Kier molecular flexibility index (Phi) is 6.56. The summed E-state index contributed by atoms with van der Waals surface area (Å²) in [4.78, 5) is 6.89. The molecule has 1 saturated carbocycles. The van der Waals surface area contributed by atoms with E-state index in [9.17, 15) is 0 Å². The van der Waals surface area contributed by atoms with E-state index in [1.165, 1.54) is 37.8 Å². The average Bonchev–Trinajstić information content (AvgIpc) is 2.94. The third-order valence-corrected chi connectivity index (χ3v) is 5.02. The normalized spacial score (nSPS) is 19.2. The van der Waals surface area contributed by atoms with Crippen LogP contribution in [0.15, 0.2) is 29.3 Å². The number of nitrogens with one attached hydrogen (secondary N) is 1. The molecule has 0 unspecified atom stereocenters. The number of ether oxygens (including phenoxy) is 1. The summed E-state index contributed by atoms with van der Waals surface area (Å²) < 4.78 is 5.56. The summed E-state index contributed by atoms with van der Waals surface area (Å²) in [5, 5.41) is 3.50. The number of halogens is 1. The second kappa shape index (κ2) is 8.22. The van der Waals surface area contributed by atoms with E-state index < -0.39 is 0 Å². The van der Waals surface area contributed by atoms with Gasteiger partial charge in [0.15, 0.2) is 5.96 Å². The molecule has 128 valence electrons. The SMILES string of the molecule is CCOc1cccc(CNC(=NC)N2CCC3(CCC3)C2)c1.I. The molecule has 23 heavy (non-hydrogen) atoms. The minimum absolute atomic E-state index is 0. The number of guanidine groups is 1. The standard InChI is InChI=1S/C18H27N3O.HI/c1-3-22-16-7-4-6-15(12-16)13-20-17(19-2)21-11-10-18(14-21)8-5-9-18;/h4,6-7,12H,3,5,8-11,13-14H2,1-2H3,(H,19,20);1H. The number of hydrogen-bond donors (Lipinski definition) is 1. The number of nitrogens with zero attached hydrogens (tertiary/aromatic N) is 2. The van der Waals surface area contributed by atoms with Gasteiger partial charge >= 0.3 is 0 Å². The van der Waals surface area contributed by atoms with Gasteiger partial charge in [-0.25, -0.2) is 0 Å². The van der Waals surface area contributed by atoms with Gasteiger partial charge in [0.25, 0.3) is 0 Å². The van der Waals surface area contributed by atoms with Crippen LogP contribution in [0.1, 0.15) is 38.2 Å². The van der Waals surface area contributed by atoms with Crippen LogP contribution < -0.4 is 10.1 Å². The molecule has 4 nitrogen and oxygen atoms in total. The van der Waals surface area contributed by atoms with Crippen molar-refractivity contribution in [2.45, 2.75) is 39.2 Å². The van der Waals surface area contributed by atoms with Crippen LogP contribution in [0.2, 0.25) is 0 Å². The molecule has 1 saturated heterocycles. The van der Waals surface area contributed by atoms with Gasteiger partial charge in [-0.15, -0.1) is 24.0 Å². The van der Waals surface area contributed by atoms with Crippen LogP contribution in [0, 0.1) is 5.41 Å². The van der Waals surface area contributed by atoms with E-state index in [0.29, 0.717) is 12.0 Å². The van der Waals surface area contributed by atoms with Crippen molar-refractivity contribution < 1.29 is 4.74 Å². The number of likely N-dealkylation sites (tertiary alicyclic amines) is 1. The molecule has 1 spiro atoms. The van der Waals surface area contributed by atoms with Gasteiger partial charge in [0.1, 0.15) is 5.75 Å². The molecule has 1 aromatic rings. The summed E-state index contributed by atoms with van der Waals surface area (Å²) >= 11 is 0. The van der Waals surface area contributed by atoms with Gasteiger partial charge in [-0.2, -0.15) is 0 Å². The topological polar surface area (TPSA) is 36.9 Å². The molecule has 1 aliphatic heterocycles. The molecule has 1 heterocycles. The lowest BCUT2D eigenvalue weighted by Gasteiger charge is -2.38. The highest BCUT2D eigenvalue weighted by Crippen LogP contribution is 2.47. The summed E-state index contributed by atoms with van der Waals surface area (Å²) in [6.45, 7) is 5.81. The van der Waals surface area contributed by atoms with Crippen molar-refractivity contribution in [2.75, 3.05) is 26.7 Å². The first-order valence-corrected chi connectivity index (χ1v) is 8.42. The van der Waals surface area contributed by atoms with Gasteiger partial charge in [-0.05, 0) is 49.3 Å². The number of rotatable bonds is 4. The van der Waals surface area contributed by atoms with Crippen molar-refractivity contribution in [1.82, 2.24) is 10.2 Å².